The molecule has 0 radical (unpaired) electrons. The standard InChI is InChI=1S/C21H20BrN3O/c1-2-18-20-12-7-13-24(20)19-11-6-3-8-15(19)14-25(18)21(26)23-17-10-5-4-9-16(17)22/h3-13,18H,2,14H2,1H3,(H,23,26)/t18-/m1/s1. The third-order valence-electron chi connectivity index (χ3n) is 4.85. The van der Waals surface area contributed by atoms with Crippen LogP contribution in [-0.4, -0.2) is 15.5 Å². The zero-order valence-electron chi connectivity index (χ0n) is 14.5. The maximum absolute atomic E-state index is 13.2. The quantitative estimate of drug-likeness (QED) is 0.575. The molecular weight excluding hydrogens is 390 g/mol. The van der Waals surface area contributed by atoms with Crippen molar-refractivity contribution in [3.05, 3.63) is 82.6 Å². The minimum absolute atomic E-state index is 0.0138. The molecule has 0 fully saturated rings. The number of hydrogen-bond acceptors (Lipinski definition) is 1. The minimum Gasteiger partial charge on any atom is -0.318 e. The summed E-state index contributed by atoms with van der Waals surface area (Å²) in [5.41, 5.74) is 4.20. The Morgan fingerprint density at radius 2 is 1.88 bits per heavy atom. The lowest BCUT2D eigenvalue weighted by Crippen LogP contribution is -2.37. The summed E-state index contributed by atoms with van der Waals surface area (Å²) in [5, 5.41) is 3.06. The number of fused-ring (bicyclic) bond motifs is 3. The third-order valence-corrected chi connectivity index (χ3v) is 5.54. The number of carbonyl (C=O) groups excluding carboxylic acids is 1. The number of urea groups is 1. The summed E-state index contributed by atoms with van der Waals surface area (Å²) in [5.74, 6) is 0. The normalized spacial score (nSPS) is 15.8. The van der Waals surface area contributed by atoms with E-state index in [1.165, 1.54) is 0 Å². The predicted molar refractivity (Wildman–Crippen MR) is 108 cm³/mol. The summed E-state index contributed by atoms with van der Waals surface area (Å²) < 4.78 is 3.08. The number of nitrogens with one attached hydrogen (secondary N) is 1. The zero-order chi connectivity index (χ0) is 18.1. The Bertz CT molecular complexity index is 950. The number of nitrogens with zero attached hydrogens (tertiary/aromatic N) is 2. The van der Waals surface area contributed by atoms with Crippen LogP contribution >= 0.6 is 15.9 Å². The van der Waals surface area contributed by atoms with Gasteiger partial charge in [0.1, 0.15) is 0 Å². The van der Waals surface area contributed by atoms with Crippen LogP contribution in [0.4, 0.5) is 10.5 Å². The zero-order valence-corrected chi connectivity index (χ0v) is 16.1. The van der Waals surface area contributed by atoms with Gasteiger partial charge in [0, 0.05) is 16.4 Å². The number of para-hydroxylation sites is 2. The lowest BCUT2D eigenvalue weighted by Gasteiger charge is -2.30. The Hall–Kier alpha value is -2.53. The van der Waals surface area contributed by atoms with Gasteiger partial charge in [-0.25, -0.2) is 4.79 Å². The van der Waals surface area contributed by atoms with Crippen molar-refractivity contribution >= 4 is 27.6 Å². The van der Waals surface area contributed by atoms with Gasteiger partial charge in [0.2, 0.25) is 0 Å². The largest absolute Gasteiger partial charge is 0.322 e. The van der Waals surface area contributed by atoms with Crippen molar-refractivity contribution in [2.45, 2.75) is 25.9 Å². The molecule has 5 heteroatoms. The van der Waals surface area contributed by atoms with E-state index in [2.05, 4.69) is 57.1 Å². The molecule has 132 valence electrons. The summed E-state index contributed by atoms with van der Waals surface area (Å²) in [6.07, 6.45) is 2.92. The highest BCUT2D eigenvalue weighted by molar-refractivity contribution is 9.10. The molecule has 26 heavy (non-hydrogen) atoms. The molecular formula is C21H20BrN3O. The van der Waals surface area contributed by atoms with Gasteiger partial charge in [-0.15, -0.1) is 0 Å². The summed E-state index contributed by atoms with van der Waals surface area (Å²) in [6.45, 7) is 2.70. The summed E-state index contributed by atoms with van der Waals surface area (Å²) in [7, 11) is 0. The van der Waals surface area contributed by atoms with Gasteiger partial charge in [0.25, 0.3) is 0 Å². The van der Waals surface area contributed by atoms with E-state index in [9.17, 15) is 4.79 Å². The number of anilines is 1. The monoisotopic (exact) mass is 409 g/mol. The van der Waals surface area contributed by atoms with Crippen molar-refractivity contribution in [2.24, 2.45) is 0 Å². The van der Waals surface area contributed by atoms with Crippen LogP contribution in [0, 0.1) is 0 Å². The molecule has 4 rings (SSSR count). The fraction of sp³-hybridized carbons (Fsp3) is 0.190. The lowest BCUT2D eigenvalue weighted by molar-refractivity contribution is 0.181. The molecule has 1 N–H and O–H groups in total. The van der Waals surface area contributed by atoms with Crippen molar-refractivity contribution in [3.63, 3.8) is 0 Å². The van der Waals surface area contributed by atoms with Crippen molar-refractivity contribution < 1.29 is 4.79 Å². The van der Waals surface area contributed by atoms with Crippen molar-refractivity contribution in [3.8, 4) is 5.69 Å². The first kappa shape index (κ1) is 16.9. The van der Waals surface area contributed by atoms with Crippen LogP contribution in [0.5, 0.6) is 0 Å². The maximum atomic E-state index is 13.2. The van der Waals surface area contributed by atoms with Crippen LogP contribution in [0.3, 0.4) is 0 Å². The first-order valence-electron chi connectivity index (χ1n) is 8.76. The second-order valence-corrected chi connectivity index (χ2v) is 7.25. The van der Waals surface area contributed by atoms with Crippen LogP contribution < -0.4 is 5.32 Å². The molecule has 2 heterocycles. The number of rotatable bonds is 2. The highest BCUT2D eigenvalue weighted by Crippen LogP contribution is 2.34. The molecule has 3 aromatic rings. The Balaban J connectivity index is 1.74. The van der Waals surface area contributed by atoms with Gasteiger partial charge < -0.3 is 14.8 Å². The molecule has 4 nitrogen and oxygen atoms in total. The van der Waals surface area contributed by atoms with Crippen molar-refractivity contribution in [1.82, 2.24) is 9.47 Å². The first-order valence-corrected chi connectivity index (χ1v) is 9.56. The molecule has 1 atom stereocenters. The van der Waals surface area contributed by atoms with E-state index in [1.807, 2.05) is 47.4 Å². The molecule has 0 saturated heterocycles. The number of hydrogen-bond donors (Lipinski definition) is 1. The van der Waals surface area contributed by atoms with Crippen molar-refractivity contribution in [2.75, 3.05) is 5.32 Å². The molecule has 0 aliphatic carbocycles. The number of aromatic nitrogens is 1. The third kappa shape index (κ3) is 2.92. The minimum atomic E-state index is -0.0896. The average Bonchev–Trinajstić information content (AvgIpc) is 3.08. The molecule has 2 amide bonds. The molecule has 1 aromatic heterocycles. The summed E-state index contributed by atoms with van der Waals surface area (Å²) in [6, 6.07) is 20.0. The second-order valence-electron chi connectivity index (χ2n) is 6.39. The average molecular weight is 410 g/mol. The Labute approximate surface area is 161 Å². The van der Waals surface area contributed by atoms with Gasteiger partial charge in [-0.05, 0) is 58.2 Å². The molecule has 0 unspecified atom stereocenters. The highest BCUT2D eigenvalue weighted by atomic mass is 79.9. The number of halogens is 1. The molecule has 0 bridgehead atoms. The van der Waals surface area contributed by atoms with E-state index in [4.69, 9.17) is 0 Å². The first-order chi connectivity index (χ1) is 12.7. The number of benzene rings is 2. The van der Waals surface area contributed by atoms with E-state index in [0.717, 1.165) is 33.5 Å². The van der Waals surface area contributed by atoms with Crippen LogP contribution in [0.15, 0.2) is 71.3 Å². The van der Waals surface area contributed by atoms with Gasteiger partial charge in [0.15, 0.2) is 0 Å². The second kappa shape index (κ2) is 7.00. The van der Waals surface area contributed by atoms with E-state index < -0.39 is 0 Å². The fourth-order valence-electron chi connectivity index (χ4n) is 3.61. The molecule has 1 aliphatic rings. The predicted octanol–water partition coefficient (Wildman–Crippen LogP) is 5.74. The van der Waals surface area contributed by atoms with Crippen LogP contribution in [-0.2, 0) is 6.54 Å². The molecule has 1 aliphatic heterocycles. The van der Waals surface area contributed by atoms with E-state index in [-0.39, 0.29) is 12.1 Å². The molecule has 0 spiro atoms. The van der Waals surface area contributed by atoms with Gasteiger partial charge in [-0.2, -0.15) is 0 Å². The van der Waals surface area contributed by atoms with Gasteiger partial charge in [-0.3, -0.25) is 0 Å². The van der Waals surface area contributed by atoms with E-state index in [0.29, 0.717) is 6.54 Å². The number of amides is 2. The Morgan fingerprint density at radius 1 is 1.12 bits per heavy atom. The molecule has 0 saturated carbocycles. The fourth-order valence-corrected chi connectivity index (χ4v) is 3.99. The maximum Gasteiger partial charge on any atom is 0.322 e. The summed E-state index contributed by atoms with van der Waals surface area (Å²) in [4.78, 5) is 15.1. The van der Waals surface area contributed by atoms with Crippen molar-refractivity contribution in [1.29, 1.82) is 0 Å². The molecule has 2 aromatic carbocycles. The smallest absolute Gasteiger partial charge is 0.318 e. The SMILES string of the molecule is CC[C@@H]1c2cccn2-c2ccccc2CN1C(=O)Nc1ccccc1Br. The van der Waals surface area contributed by atoms with Gasteiger partial charge >= 0.3 is 6.03 Å². The van der Waals surface area contributed by atoms with Gasteiger partial charge in [-0.1, -0.05) is 37.3 Å². The topological polar surface area (TPSA) is 37.3 Å². The van der Waals surface area contributed by atoms with E-state index >= 15 is 0 Å². The van der Waals surface area contributed by atoms with Crippen LogP contribution in [0.2, 0.25) is 0 Å². The van der Waals surface area contributed by atoms with Gasteiger partial charge in [0.05, 0.1) is 24.0 Å². The van der Waals surface area contributed by atoms with E-state index in [1.54, 1.807) is 0 Å². The van der Waals surface area contributed by atoms with Crippen LogP contribution in [0.1, 0.15) is 30.6 Å². The Morgan fingerprint density at radius 3 is 2.69 bits per heavy atom. The summed E-state index contributed by atoms with van der Waals surface area (Å²) >= 11 is 3.50. The highest BCUT2D eigenvalue weighted by Gasteiger charge is 2.30. The Kier molecular flexibility index (Phi) is 4.55. The lowest BCUT2D eigenvalue weighted by atomic mass is 10.1. The number of carbonyl (C=O) groups is 1. The van der Waals surface area contributed by atoms with Crippen LogP contribution in [0.25, 0.3) is 5.69 Å².